The molecule has 2 saturated heterocycles. The van der Waals surface area contributed by atoms with E-state index in [1.165, 1.54) is 0 Å². The van der Waals surface area contributed by atoms with Crippen molar-refractivity contribution in [2.75, 3.05) is 46.3 Å². The topological polar surface area (TPSA) is 97.4 Å². The van der Waals surface area contributed by atoms with Gasteiger partial charge in [-0.15, -0.1) is 0 Å². The van der Waals surface area contributed by atoms with Crippen molar-refractivity contribution < 1.29 is 28.6 Å². The molecule has 0 saturated carbocycles. The summed E-state index contributed by atoms with van der Waals surface area (Å²) in [7, 11) is 5.24. The Kier molecular flexibility index (Phi) is 7.19. The van der Waals surface area contributed by atoms with Gasteiger partial charge in [-0.1, -0.05) is 0 Å². The number of ether oxygens (including phenoxy) is 3. The van der Waals surface area contributed by atoms with E-state index in [1.807, 2.05) is 0 Å². The molecule has 3 amide bonds. The molecule has 9 nitrogen and oxygen atoms in total. The van der Waals surface area contributed by atoms with E-state index in [0.717, 1.165) is 6.42 Å². The SMILES string of the molecule is CN(C)C(=O)C[C@H]1CC[C@H]2[C@@H](COc3ccc(NC(=O)C4CCOCC4)cc3C(=O)N2C)O1. The molecule has 1 aromatic rings. The first kappa shape index (κ1) is 23.5. The van der Waals surface area contributed by atoms with Gasteiger partial charge in [0.15, 0.2) is 0 Å². The summed E-state index contributed by atoms with van der Waals surface area (Å²) in [5.41, 5.74) is 1.00. The van der Waals surface area contributed by atoms with E-state index in [-0.39, 0.29) is 48.5 Å². The Morgan fingerprint density at radius 1 is 1.15 bits per heavy atom. The number of hydrogen-bond donors (Lipinski definition) is 1. The predicted octanol–water partition coefficient (Wildman–Crippen LogP) is 1.91. The van der Waals surface area contributed by atoms with Crippen molar-refractivity contribution in [1.82, 2.24) is 9.80 Å². The number of fused-ring (bicyclic) bond motifs is 2. The van der Waals surface area contributed by atoms with E-state index in [4.69, 9.17) is 14.2 Å². The number of likely N-dealkylation sites (N-methyl/N-ethyl adjacent to an activating group) is 1. The van der Waals surface area contributed by atoms with Crippen LogP contribution in [0.4, 0.5) is 5.69 Å². The molecule has 0 aromatic heterocycles. The van der Waals surface area contributed by atoms with Gasteiger partial charge in [-0.3, -0.25) is 14.4 Å². The standard InChI is InChI=1S/C24H33N3O6/c1-26(2)22(28)13-17-5-6-19-21(33-17)14-32-20-7-4-16(12-18(20)24(30)27(19)3)25-23(29)15-8-10-31-11-9-15/h4,7,12,15,17,19,21H,5-6,8-11,13-14H2,1-3H3,(H,25,29)/t17-,19+,21-/m1/s1. The Balaban J connectivity index is 1.47. The number of hydrogen-bond acceptors (Lipinski definition) is 6. The van der Waals surface area contributed by atoms with Crippen molar-refractivity contribution in [2.24, 2.45) is 5.92 Å². The van der Waals surface area contributed by atoms with E-state index in [2.05, 4.69) is 5.32 Å². The number of anilines is 1. The molecule has 9 heteroatoms. The summed E-state index contributed by atoms with van der Waals surface area (Å²) < 4.78 is 17.5. The van der Waals surface area contributed by atoms with E-state index in [1.54, 1.807) is 49.1 Å². The molecular weight excluding hydrogens is 426 g/mol. The number of amides is 3. The fourth-order valence-electron chi connectivity index (χ4n) is 4.69. The average molecular weight is 460 g/mol. The molecule has 0 unspecified atom stereocenters. The Labute approximate surface area is 194 Å². The van der Waals surface area contributed by atoms with E-state index in [9.17, 15) is 14.4 Å². The summed E-state index contributed by atoms with van der Waals surface area (Å²) in [5.74, 6) is 0.181. The number of carbonyl (C=O) groups excluding carboxylic acids is 3. The molecule has 1 N–H and O–H groups in total. The van der Waals surface area contributed by atoms with Crippen molar-refractivity contribution >= 4 is 23.4 Å². The second kappa shape index (κ2) is 10.1. The predicted molar refractivity (Wildman–Crippen MR) is 121 cm³/mol. The van der Waals surface area contributed by atoms with Gasteiger partial charge in [-0.25, -0.2) is 0 Å². The van der Waals surface area contributed by atoms with Crippen LogP contribution in [-0.4, -0.2) is 86.7 Å². The quantitative estimate of drug-likeness (QED) is 0.739. The maximum Gasteiger partial charge on any atom is 0.257 e. The van der Waals surface area contributed by atoms with Gasteiger partial charge < -0.3 is 29.3 Å². The molecule has 2 fully saturated rings. The van der Waals surface area contributed by atoms with Gasteiger partial charge in [0, 0.05) is 46.0 Å². The minimum Gasteiger partial charge on any atom is -0.490 e. The highest BCUT2D eigenvalue weighted by atomic mass is 16.5. The van der Waals surface area contributed by atoms with Crippen molar-refractivity contribution in [3.05, 3.63) is 23.8 Å². The highest BCUT2D eigenvalue weighted by molar-refractivity contribution is 6.00. The van der Waals surface area contributed by atoms with E-state index in [0.29, 0.717) is 55.9 Å². The van der Waals surface area contributed by atoms with Crippen molar-refractivity contribution in [1.29, 1.82) is 0 Å². The normalized spacial score (nSPS) is 25.7. The maximum atomic E-state index is 13.3. The van der Waals surface area contributed by atoms with Crippen LogP contribution in [0.25, 0.3) is 0 Å². The number of nitrogens with one attached hydrogen (secondary N) is 1. The molecule has 0 spiro atoms. The zero-order valence-corrected chi connectivity index (χ0v) is 19.5. The molecule has 4 rings (SSSR count). The molecule has 3 atom stereocenters. The molecule has 3 heterocycles. The monoisotopic (exact) mass is 459 g/mol. The lowest BCUT2D eigenvalue weighted by molar-refractivity contribution is -0.140. The Morgan fingerprint density at radius 3 is 2.64 bits per heavy atom. The van der Waals surface area contributed by atoms with Gasteiger partial charge in [-0.2, -0.15) is 0 Å². The van der Waals surface area contributed by atoms with Gasteiger partial charge in [0.2, 0.25) is 11.8 Å². The lowest BCUT2D eigenvalue weighted by atomic mass is 9.94. The van der Waals surface area contributed by atoms with Gasteiger partial charge in [-0.05, 0) is 43.9 Å². The zero-order valence-electron chi connectivity index (χ0n) is 19.5. The fraction of sp³-hybridized carbons (Fsp3) is 0.625. The van der Waals surface area contributed by atoms with Crippen LogP contribution in [0, 0.1) is 5.92 Å². The molecule has 1 aromatic carbocycles. The summed E-state index contributed by atoms with van der Waals surface area (Å²) in [6.45, 7) is 1.47. The second-order valence-electron chi connectivity index (χ2n) is 9.25. The highest BCUT2D eigenvalue weighted by Gasteiger charge is 2.39. The Hall–Kier alpha value is -2.65. The van der Waals surface area contributed by atoms with E-state index < -0.39 is 0 Å². The first-order valence-electron chi connectivity index (χ1n) is 11.6. The summed E-state index contributed by atoms with van der Waals surface area (Å²) in [4.78, 5) is 41.3. The number of benzene rings is 1. The summed E-state index contributed by atoms with van der Waals surface area (Å²) in [6, 6.07) is 5.02. The van der Waals surface area contributed by atoms with Crippen molar-refractivity contribution in [3.8, 4) is 5.75 Å². The molecule has 0 radical (unpaired) electrons. The van der Waals surface area contributed by atoms with Gasteiger partial charge in [0.05, 0.1) is 24.1 Å². The fourth-order valence-corrected chi connectivity index (χ4v) is 4.69. The number of carbonyl (C=O) groups is 3. The van der Waals surface area contributed by atoms with Crippen LogP contribution in [0.15, 0.2) is 18.2 Å². The zero-order chi connectivity index (χ0) is 23.5. The summed E-state index contributed by atoms with van der Waals surface area (Å²) in [5, 5.41) is 2.94. The van der Waals surface area contributed by atoms with E-state index >= 15 is 0 Å². The van der Waals surface area contributed by atoms with Crippen LogP contribution in [0.1, 0.15) is 42.5 Å². The summed E-state index contributed by atoms with van der Waals surface area (Å²) >= 11 is 0. The van der Waals surface area contributed by atoms with Gasteiger partial charge in [0.25, 0.3) is 5.91 Å². The minimum absolute atomic E-state index is 0.0234. The smallest absolute Gasteiger partial charge is 0.257 e. The first-order valence-corrected chi connectivity index (χ1v) is 11.6. The molecule has 0 aliphatic carbocycles. The van der Waals surface area contributed by atoms with Gasteiger partial charge >= 0.3 is 0 Å². The third-order valence-electron chi connectivity index (χ3n) is 6.77. The third kappa shape index (κ3) is 5.30. The maximum absolute atomic E-state index is 13.3. The van der Waals surface area contributed by atoms with Crippen LogP contribution >= 0.6 is 0 Å². The van der Waals surface area contributed by atoms with Crippen molar-refractivity contribution in [2.45, 2.75) is 50.4 Å². The largest absolute Gasteiger partial charge is 0.490 e. The lowest BCUT2D eigenvalue weighted by Crippen LogP contribution is -2.53. The average Bonchev–Trinajstić information content (AvgIpc) is 2.82. The molecular formula is C24H33N3O6. The Bertz CT molecular complexity index is 898. The lowest BCUT2D eigenvalue weighted by Gasteiger charge is -2.42. The van der Waals surface area contributed by atoms with Crippen LogP contribution < -0.4 is 10.1 Å². The molecule has 33 heavy (non-hydrogen) atoms. The minimum atomic E-state index is -0.311. The number of rotatable bonds is 4. The second-order valence-corrected chi connectivity index (χ2v) is 9.25. The van der Waals surface area contributed by atoms with Crippen LogP contribution in [0.2, 0.25) is 0 Å². The molecule has 3 aliphatic rings. The molecule has 0 bridgehead atoms. The first-order chi connectivity index (χ1) is 15.8. The Morgan fingerprint density at radius 2 is 1.91 bits per heavy atom. The van der Waals surface area contributed by atoms with Crippen LogP contribution in [-0.2, 0) is 19.1 Å². The summed E-state index contributed by atoms with van der Waals surface area (Å²) in [6.07, 6.45) is 2.66. The molecule has 3 aliphatic heterocycles. The van der Waals surface area contributed by atoms with Crippen molar-refractivity contribution in [3.63, 3.8) is 0 Å². The third-order valence-corrected chi connectivity index (χ3v) is 6.77. The number of nitrogens with zero attached hydrogens (tertiary/aromatic N) is 2. The van der Waals surface area contributed by atoms with Crippen LogP contribution in [0.5, 0.6) is 5.75 Å². The van der Waals surface area contributed by atoms with Crippen LogP contribution in [0.3, 0.4) is 0 Å². The molecule has 180 valence electrons. The van der Waals surface area contributed by atoms with Gasteiger partial charge in [0.1, 0.15) is 18.5 Å². The highest BCUT2D eigenvalue weighted by Crippen LogP contribution is 2.33.